The van der Waals surface area contributed by atoms with Gasteiger partial charge in [0.2, 0.25) is 5.91 Å². The highest BCUT2D eigenvalue weighted by Crippen LogP contribution is 2.36. The number of aromatic nitrogens is 2. The number of amides is 1. The molecule has 1 unspecified atom stereocenters. The second kappa shape index (κ2) is 15.0. The van der Waals surface area contributed by atoms with Gasteiger partial charge in [-0.25, -0.2) is 9.97 Å². The number of hydrogen-bond acceptors (Lipinski definition) is 9. The molecule has 0 fully saturated rings. The number of ether oxygens (including phenoxy) is 4. The lowest BCUT2D eigenvalue weighted by molar-refractivity contribution is -0.137. The number of carbonyl (C=O) groups is 1. The summed E-state index contributed by atoms with van der Waals surface area (Å²) in [5.41, 5.74) is 0.807. The third kappa shape index (κ3) is 9.04. The summed E-state index contributed by atoms with van der Waals surface area (Å²) in [6.45, 7) is 1.85. The van der Waals surface area contributed by atoms with Crippen LogP contribution in [0.1, 0.15) is 17.5 Å². The van der Waals surface area contributed by atoms with Crippen molar-refractivity contribution in [1.29, 1.82) is 0 Å². The second-order valence-corrected chi connectivity index (χ2v) is 9.78. The molecular formula is C29H31ClF3N5O5. The van der Waals surface area contributed by atoms with Gasteiger partial charge in [-0.15, -0.1) is 0 Å². The Morgan fingerprint density at radius 2 is 1.98 bits per heavy atom. The van der Waals surface area contributed by atoms with Gasteiger partial charge in [0.15, 0.2) is 0 Å². The van der Waals surface area contributed by atoms with Crippen molar-refractivity contribution in [3.05, 3.63) is 70.5 Å². The number of halogens is 4. The molecule has 2 heterocycles. The third-order valence-electron chi connectivity index (χ3n) is 6.29. The average molecular weight is 622 g/mol. The molecule has 1 aliphatic rings. The van der Waals surface area contributed by atoms with Gasteiger partial charge in [0.25, 0.3) is 0 Å². The quantitative estimate of drug-likeness (QED) is 0.207. The van der Waals surface area contributed by atoms with E-state index in [2.05, 4.69) is 25.9 Å². The first kappa shape index (κ1) is 32.0. The molecule has 230 valence electrons. The zero-order valence-electron chi connectivity index (χ0n) is 23.5. The van der Waals surface area contributed by atoms with Crippen LogP contribution in [0.3, 0.4) is 0 Å². The number of carbonyl (C=O) groups excluding carboxylic acids is 1. The summed E-state index contributed by atoms with van der Waals surface area (Å²) in [4.78, 5) is 21.6. The van der Waals surface area contributed by atoms with Crippen LogP contribution in [0.25, 0.3) is 6.08 Å². The zero-order chi connectivity index (χ0) is 30.8. The maximum absolute atomic E-state index is 13.1. The van der Waals surface area contributed by atoms with Gasteiger partial charge in [-0.1, -0.05) is 17.7 Å². The molecular weight excluding hydrogens is 591 g/mol. The van der Waals surface area contributed by atoms with Gasteiger partial charge in [0, 0.05) is 38.6 Å². The lowest BCUT2D eigenvalue weighted by Gasteiger charge is -2.15. The molecule has 0 saturated carbocycles. The number of hydrogen-bond donors (Lipinski definition) is 3. The standard InChI is InChI=1S/C29H31ClF3N5O5/c1-40-15-22(41-2)16-42-11-10-35-28(39)18-8-9-34-26-23(12-18)27(37-17-36-26)38-20-6-7-25(24(30)14-20)43-21-5-3-4-19(13-21)29(31,32)33/h3-7,12-14,17,22H,8-11,15-16H2,1-2H3,(H,35,39)(H2,34,36,37,38). The molecule has 1 aliphatic heterocycles. The molecule has 0 aliphatic carbocycles. The van der Waals surface area contributed by atoms with E-state index < -0.39 is 11.7 Å². The molecule has 0 bridgehead atoms. The molecule has 10 nitrogen and oxygen atoms in total. The van der Waals surface area contributed by atoms with Gasteiger partial charge >= 0.3 is 6.18 Å². The second-order valence-electron chi connectivity index (χ2n) is 9.37. The zero-order valence-corrected chi connectivity index (χ0v) is 24.2. The number of alkyl halides is 3. The monoisotopic (exact) mass is 621 g/mol. The van der Waals surface area contributed by atoms with Crippen LogP contribution in [0.15, 0.2) is 54.4 Å². The van der Waals surface area contributed by atoms with Crippen molar-refractivity contribution in [2.45, 2.75) is 18.7 Å². The van der Waals surface area contributed by atoms with Gasteiger partial charge in [0.1, 0.15) is 35.6 Å². The van der Waals surface area contributed by atoms with E-state index in [1.54, 1.807) is 32.4 Å². The fourth-order valence-corrected chi connectivity index (χ4v) is 4.33. The molecule has 14 heteroatoms. The van der Waals surface area contributed by atoms with E-state index in [4.69, 9.17) is 30.5 Å². The molecule has 0 radical (unpaired) electrons. The molecule has 1 aromatic heterocycles. The minimum atomic E-state index is -4.50. The Balaban J connectivity index is 1.42. The molecule has 3 N–H and O–H groups in total. The topological polar surface area (TPSA) is 116 Å². The highest BCUT2D eigenvalue weighted by atomic mass is 35.5. The van der Waals surface area contributed by atoms with Gasteiger partial charge in [-0.2, -0.15) is 13.2 Å². The van der Waals surface area contributed by atoms with Gasteiger partial charge < -0.3 is 34.9 Å². The Kier molecular flexibility index (Phi) is 11.2. The number of fused-ring (bicyclic) bond motifs is 1. The molecule has 3 aromatic rings. The van der Waals surface area contributed by atoms with Crippen molar-refractivity contribution in [3.8, 4) is 11.5 Å². The van der Waals surface area contributed by atoms with Gasteiger partial charge in [-0.3, -0.25) is 4.79 Å². The smallest absolute Gasteiger partial charge is 0.416 e. The van der Waals surface area contributed by atoms with Crippen LogP contribution in [-0.4, -0.2) is 69.1 Å². The molecule has 4 rings (SSSR count). The normalized spacial score (nSPS) is 13.7. The Morgan fingerprint density at radius 1 is 1.14 bits per heavy atom. The largest absolute Gasteiger partial charge is 0.456 e. The molecule has 2 aromatic carbocycles. The Bertz CT molecular complexity index is 1440. The minimum Gasteiger partial charge on any atom is -0.456 e. The van der Waals surface area contributed by atoms with E-state index >= 15 is 0 Å². The Morgan fingerprint density at radius 3 is 2.72 bits per heavy atom. The van der Waals surface area contributed by atoms with Crippen LogP contribution in [0, 0.1) is 0 Å². The fraction of sp³-hybridized carbons (Fsp3) is 0.345. The lowest BCUT2D eigenvalue weighted by atomic mass is 10.1. The van der Waals surface area contributed by atoms with Gasteiger partial charge in [0.05, 0.1) is 36.0 Å². The number of nitrogens with zero attached hydrogens (tertiary/aromatic N) is 2. The van der Waals surface area contributed by atoms with E-state index in [0.29, 0.717) is 67.8 Å². The van der Waals surface area contributed by atoms with E-state index in [0.717, 1.165) is 12.1 Å². The van der Waals surface area contributed by atoms with E-state index in [-0.39, 0.29) is 28.5 Å². The number of nitrogens with one attached hydrogen (secondary N) is 3. The number of methoxy groups -OCH3 is 2. The fourth-order valence-electron chi connectivity index (χ4n) is 4.11. The highest BCUT2D eigenvalue weighted by molar-refractivity contribution is 6.32. The Labute approximate surface area is 251 Å². The minimum absolute atomic E-state index is 0.00241. The van der Waals surface area contributed by atoms with Crippen LogP contribution in [0.4, 0.5) is 30.5 Å². The first-order valence-electron chi connectivity index (χ1n) is 13.3. The van der Waals surface area contributed by atoms with Crippen LogP contribution < -0.4 is 20.7 Å². The van der Waals surface area contributed by atoms with Crippen LogP contribution in [0.2, 0.25) is 5.02 Å². The van der Waals surface area contributed by atoms with E-state index in [9.17, 15) is 18.0 Å². The summed E-state index contributed by atoms with van der Waals surface area (Å²) in [6, 6.07) is 9.26. The molecule has 43 heavy (non-hydrogen) atoms. The highest BCUT2D eigenvalue weighted by Gasteiger charge is 2.30. The summed E-state index contributed by atoms with van der Waals surface area (Å²) in [5.74, 6) is 0.890. The van der Waals surface area contributed by atoms with Crippen molar-refractivity contribution in [2.24, 2.45) is 0 Å². The SMILES string of the molecule is COCC(COCCNC(=O)C1=Cc2c(ncnc2Nc2ccc(Oc3cccc(C(F)(F)F)c3)c(Cl)c2)NCC1)OC. The van der Waals surface area contributed by atoms with Crippen LogP contribution in [-0.2, 0) is 25.2 Å². The van der Waals surface area contributed by atoms with Gasteiger partial charge in [-0.05, 0) is 48.9 Å². The maximum Gasteiger partial charge on any atom is 0.416 e. The summed E-state index contributed by atoms with van der Waals surface area (Å²) in [5, 5.41) is 9.40. The summed E-state index contributed by atoms with van der Waals surface area (Å²) in [6.07, 6.45) is -1.13. The lowest BCUT2D eigenvalue weighted by Crippen LogP contribution is -2.31. The van der Waals surface area contributed by atoms with Crippen molar-refractivity contribution < 1.29 is 36.9 Å². The summed E-state index contributed by atoms with van der Waals surface area (Å²) in [7, 11) is 3.16. The van der Waals surface area contributed by atoms with Crippen molar-refractivity contribution in [3.63, 3.8) is 0 Å². The molecule has 1 atom stereocenters. The van der Waals surface area contributed by atoms with Crippen LogP contribution >= 0.6 is 11.6 Å². The van der Waals surface area contributed by atoms with Crippen molar-refractivity contribution >= 4 is 40.9 Å². The van der Waals surface area contributed by atoms with Crippen LogP contribution in [0.5, 0.6) is 11.5 Å². The maximum atomic E-state index is 13.1. The summed E-state index contributed by atoms with van der Waals surface area (Å²) < 4.78 is 60.6. The molecule has 1 amide bonds. The molecule has 0 spiro atoms. The Hall–Kier alpha value is -3.91. The predicted molar refractivity (Wildman–Crippen MR) is 156 cm³/mol. The number of rotatable bonds is 13. The molecule has 0 saturated heterocycles. The van der Waals surface area contributed by atoms with E-state index in [1.807, 2.05) is 0 Å². The average Bonchev–Trinajstić information content (AvgIpc) is 3.21. The van der Waals surface area contributed by atoms with Crippen molar-refractivity contribution in [2.75, 3.05) is 57.8 Å². The van der Waals surface area contributed by atoms with Crippen molar-refractivity contribution in [1.82, 2.24) is 15.3 Å². The number of anilines is 3. The number of benzene rings is 2. The first-order chi connectivity index (χ1) is 20.7. The predicted octanol–water partition coefficient (Wildman–Crippen LogP) is 5.68. The first-order valence-corrected chi connectivity index (χ1v) is 13.6. The third-order valence-corrected chi connectivity index (χ3v) is 6.58. The van der Waals surface area contributed by atoms with E-state index in [1.165, 1.54) is 24.5 Å². The summed E-state index contributed by atoms with van der Waals surface area (Å²) >= 11 is 6.40.